The number of amides is 1. The van der Waals surface area contributed by atoms with Gasteiger partial charge in [-0.1, -0.05) is 23.7 Å². The topological polar surface area (TPSA) is 42.4 Å². The number of nitrogens with zero attached hydrogens (tertiary/aromatic N) is 2. The van der Waals surface area contributed by atoms with E-state index in [1.54, 1.807) is 0 Å². The highest BCUT2D eigenvalue weighted by atomic mass is 35.5. The lowest BCUT2D eigenvalue weighted by Gasteiger charge is -2.42. The first-order valence-corrected chi connectivity index (χ1v) is 10.1. The largest absolute Gasteiger partial charge is 0.381 e. The second-order valence-corrected chi connectivity index (χ2v) is 7.98. The lowest BCUT2D eigenvalue weighted by Crippen LogP contribution is -2.51. The summed E-state index contributed by atoms with van der Waals surface area (Å²) in [6.07, 6.45) is 7.18. The van der Waals surface area contributed by atoms with E-state index in [1.807, 2.05) is 36.7 Å². The highest BCUT2D eigenvalue weighted by molar-refractivity contribution is 6.30. The first kappa shape index (κ1) is 18.5. The molecule has 0 N–H and O–H groups in total. The Bertz CT molecular complexity index is 765. The van der Waals surface area contributed by atoms with E-state index in [2.05, 4.69) is 22.0 Å². The smallest absolute Gasteiger partial charge is 0.233 e. The van der Waals surface area contributed by atoms with Crippen molar-refractivity contribution in [3.05, 3.63) is 64.9 Å². The molecule has 0 radical (unpaired) electrons. The quantitative estimate of drug-likeness (QED) is 0.796. The highest BCUT2D eigenvalue weighted by Crippen LogP contribution is 2.39. The van der Waals surface area contributed by atoms with E-state index in [0.717, 1.165) is 44.3 Å². The fourth-order valence-electron chi connectivity index (χ4n) is 4.47. The van der Waals surface area contributed by atoms with Gasteiger partial charge in [-0.05, 0) is 67.0 Å². The van der Waals surface area contributed by atoms with Gasteiger partial charge in [0.15, 0.2) is 0 Å². The van der Waals surface area contributed by atoms with Crippen LogP contribution in [0.5, 0.6) is 0 Å². The average molecular weight is 385 g/mol. The monoisotopic (exact) mass is 384 g/mol. The number of hydrogen-bond acceptors (Lipinski definition) is 3. The third-order valence-electron chi connectivity index (χ3n) is 6.11. The Balaban J connectivity index is 1.52. The van der Waals surface area contributed by atoms with Crippen molar-refractivity contribution in [2.45, 2.75) is 37.0 Å². The Hall–Kier alpha value is -1.91. The zero-order valence-electron chi connectivity index (χ0n) is 15.4. The van der Waals surface area contributed by atoms with Crippen molar-refractivity contribution in [1.82, 2.24) is 9.88 Å². The summed E-state index contributed by atoms with van der Waals surface area (Å²) in [5.74, 6) is 0.763. The highest BCUT2D eigenvalue weighted by Gasteiger charge is 2.44. The molecule has 3 heterocycles. The minimum Gasteiger partial charge on any atom is -0.381 e. The van der Waals surface area contributed by atoms with Gasteiger partial charge in [-0.15, -0.1) is 0 Å². The van der Waals surface area contributed by atoms with E-state index in [1.165, 1.54) is 5.56 Å². The molecule has 1 amide bonds. The maximum Gasteiger partial charge on any atom is 0.233 e. The lowest BCUT2D eigenvalue weighted by atomic mass is 9.72. The Morgan fingerprint density at radius 2 is 1.67 bits per heavy atom. The van der Waals surface area contributed by atoms with Crippen molar-refractivity contribution >= 4 is 17.5 Å². The third kappa shape index (κ3) is 3.74. The molecule has 0 bridgehead atoms. The summed E-state index contributed by atoms with van der Waals surface area (Å²) in [4.78, 5) is 19.8. The minimum absolute atomic E-state index is 0.251. The number of benzene rings is 1. The van der Waals surface area contributed by atoms with Gasteiger partial charge in [0, 0.05) is 43.7 Å². The molecule has 4 rings (SSSR count). The van der Waals surface area contributed by atoms with Gasteiger partial charge < -0.3 is 9.64 Å². The van der Waals surface area contributed by atoms with Crippen LogP contribution in [0.25, 0.3) is 0 Å². The van der Waals surface area contributed by atoms with Gasteiger partial charge in [0.25, 0.3) is 0 Å². The van der Waals surface area contributed by atoms with E-state index in [0.29, 0.717) is 24.2 Å². The minimum atomic E-state index is -0.480. The van der Waals surface area contributed by atoms with E-state index >= 15 is 0 Å². The molecular weight excluding hydrogens is 360 g/mol. The van der Waals surface area contributed by atoms with Crippen LogP contribution < -0.4 is 0 Å². The summed E-state index contributed by atoms with van der Waals surface area (Å²) in [5.41, 5.74) is 1.92. The van der Waals surface area contributed by atoms with Crippen LogP contribution in [0.2, 0.25) is 5.02 Å². The molecule has 2 fully saturated rings. The van der Waals surface area contributed by atoms with Gasteiger partial charge in [-0.2, -0.15) is 0 Å². The Labute approximate surface area is 165 Å². The predicted octanol–water partition coefficient (Wildman–Crippen LogP) is 4.19. The molecule has 0 spiro atoms. The SMILES string of the molecule is O=C(N1CCC(c2ccncc2)CC1)C1(c2ccc(Cl)cc2)CCOCC1. The van der Waals surface area contributed by atoms with Crippen LogP contribution in [0.1, 0.15) is 42.7 Å². The van der Waals surface area contributed by atoms with Gasteiger partial charge >= 0.3 is 0 Å². The zero-order valence-corrected chi connectivity index (χ0v) is 16.2. The van der Waals surface area contributed by atoms with Crippen LogP contribution in [0, 0.1) is 0 Å². The Kier molecular flexibility index (Phi) is 5.46. The maximum atomic E-state index is 13.6. The molecular formula is C22H25ClN2O2. The number of piperidine rings is 1. The number of carbonyl (C=O) groups is 1. The molecule has 0 saturated carbocycles. The average Bonchev–Trinajstić information content (AvgIpc) is 2.75. The molecule has 4 nitrogen and oxygen atoms in total. The van der Waals surface area contributed by atoms with Gasteiger partial charge in [-0.25, -0.2) is 0 Å². The maximum absolute atomic E-state index is 13.6. The Morgan fingerprint density at radius 1 is 1.04 bits per heavy atom. The van der Waals surface area contributed by atoms with Gasteiger partial charge in [0.2, 0.25) is 5.91 Å². The molecule has 5 heteroatoms. The van der Waals surface area contributed by atoms with E-state index in [-0.39, 0.29) is 5.91 Å². The molecule has 2 aromatic rings. The second kappa shape index (κ2) is 7.99. The van der Waals surface area contributed by atoms with Crippen LogP contribution >= 0.6 is 11.6 Å². The normalized spacial score (nSPS) is 20.4. The van der Waals surface area contributed by atoms with Crippen LogP contribution in [-0.4, -0.2) is 42.1 Å². The molecule has 142 valence electrons. The predicted molar refractivity (Wildman–Crippen MR) is 106 cm³/mol. The van der Waals surface area contributed by atoms with Crippen LogP contribution in [0.15, 0.2) is 48.8 Å². The molecule has 1 aromatic heterocycles. The zero-order chi connectivity index (χ0) is 18.7. The summed E-state index contributed by atoms with van der Waals surface area (Å²) in [6, 6.07) is 12.0. The van der Waals surface area contributed by atoms with Gasteiger partial charge in [0.1, 0.15) is 0 Å². The summed E-state index contributed by atoms with van der Waals surface area (Å²) < 4.78 is 5.58. The number of hydrogen-bond donors (Lipinski definition) is 0. The van der Waals surface area contributed by atoms with Crippen molar-refractivity contribution in [2.75, 3.05) is 26.3 Å². The van der Waals surface area contributed by atoms with Crippen LogP contribution in [0.3, 0.4) is 0 Å². The second-order valence-electron chi connectivity index (χ2n) is 7.55. The van der Waals surface area contributed by atoms with Crippen molar-refractivity contribution in [3.8, 4) is 0 Å². The van der Waals surface area contributed by atoms with Crippen molar-refractivity contribution in [2.24, 2.45) is 0 Å². The number of aromatic nitrogens is 1. The number of halogens is 1. The van der Waals surface area contributed by atoms with E-state index in [4.69, 9.17) is 16.3 Å². The molecule has 2 saturated heterocycles. The first-order valence-electron chi connectivity index (χ1n) is 9.72. The van der Waals surface area contributed by atoms with Gasteiger partial charge in [0.05, 0.1) is 5.41 Å². The molecule has 2 aliphatic rings. The molecule has 0 atom stereocenters. The molecule has 0 unspecified atom stereocenters. The summed E-state index contributed by atoms with van der Waals surface area (Å²) in [6.45, 7) is 2.87. The first-order chi connectivity index (χ1) is 13.2. The number of pyridine rings is 1. The molecule has 27 heavy (non-hydrogen) atoms. The van der Waals surface area contributed by atoms with Crippen molar-refractivity contribution < 1.29 is 9.53 Å². The Morgan fingerprint density at radius 3 is 2.30 bits per heavy atom. The lowest BCUT2D eigenvalue weighted by molar-refractivity contribution is -0.142. The standard InChI is InChI=1S/C22H25ClN2O2/c23-20-3-1-19(2-4-20)22(9-15-27-16-10-22)21(26)25-13-7-18(8-14-25)17-5-11-24-12-6-17/h1-6,11-12,18H,7-10,13-16H2. The fraction of sp³-hybridized carbons (Fsp3) is 0.455. The number of rotatable bonds is 3. The van der Waals surface area contributed by atoms with E-state index < -0.39 is 5.41 Å². The summed E-state index contributed by atoms with van der Waals surface area (Å²) in [7, 11) is 0. The third-order valence-corrected chi connectivity index (χ3v) is 6.36. The molecule has 1 aromatic carbocycles. The van der Waals surface area contributed by atoms with Crippen molar-refractivity contribution in [3.63, 3.8) is 0 Å². The summed E-state index contributed by atoms with van der Waals surface area (Å²) in [5, 5.41) is 0.701. The summed E-state index contributed by atoms with van der Waals surface area (Å²) >= 11 is 6.07. The number of likely N-dealkylation sites (tertiary alicyclic amines) is 1. The molecule has 0 aliphatic carbocycles. The molecule has 2 aliphatic heterocycles. The van der Waals surface area contributed by atoms with E-state index in [9.17, 15) is 4.79 Å². The van der Waals surface area contributed by atoms with Crippen LogP contribution in [-0.2, 0) is 14.9 Å². The number of ether oxygens (including phenoxy) is 1. The number of carbonyl (C=O) groups excluding carboxylic acids is 1. The van der Waals surface area contributed by atoms with Crippen molar-refractivity contribution in [1.29, 1.82) is 0 Å². The fourth-order valence-corrected chi connectivity index (χ4v) is 4.59. The van der Waals surface area contributed by atoms with Crippen LogP contribution in [0.4, 0.5) is 0 Å². The van der Waals surface area contributed by atoms with Gasteiger partial charge in [-0.3, -0.25) is 9.78 Å².